The van der Waals surface area contributed by atoms with E-state index in [2.05, 4.69) is 320 Å². The van der Waals surface area contributed by atoms with Crippen LogP contribution in [-0.4, -0.2) is 265 Å². The fraction of sp³-hybridized carbons (Fsp3) is 0.521. The third kappa shape index (κ3) is 22.8. The Bertz CT molecular complexity index is 6270. The van der Waals surface area contributed by atoms with E-state index in [1.54, 1.807) is 21.3 Å². The Kier molecular flexibility index (Phi) is 30.7. The van der Waals surface area contributed by atoms with Crippen LogP contribution >= 0.6 is 0 Å². The molecule has 0 unspecified atom stereocenters. The summed E-state index contributed by atoms with van der Waals surface area (Å²) in [5.41, 5.74) is 17.8. The quantitative estimate of drug-likeness (QED) is 0.0431. The van der Waals surface area contributed by atoms with E-state index in [9.17, 15) is 5.11 Å². The molecule has 5 saturated heterocycles. The standard InChI is InChI=1S/C31H41N5O.2C29H39N5O.C28H37N5O/c1-31(14-15-31)30-32-27-11-10-24(34(2)20-21-35-16-6-7-17-35)22-26(27)29(33-30)36-18-12-23(13-19-36)25-8-4-5-9-28(25)37-3;1-29(14-15-29)28-30-25-11-10-22(33(4)18-19-35-5)20-24(25)27(31-28)34-16-12-21(13-17-34)23-8-6-7-9-26(23)32(2)3;1-29(14-15-29)28-30-25-11-10-22(33(4)19-18-32(2)3)20-24(25)27(31-28)34-16-12-21(13-17-34)23-8-6-7-9-26(23)35-5;1-28(13-14-28)27-29-24-10-9-21(32(4)17-18-34)19-23(24)26(30-27)33-15-11-20(12-16-33)22-7-5-6-8-25(22)31(2)3/h4-5,8-11,22-23H,6-7,12-21H2,1-3H3;2*6-11,20-21H,12-19H2,1-5H3;5-10,19-20,34H,11-18H2,1-4H3. The lowest BCUT2D eigenvalue weighted by Gasteiger charge is -2.35. The topological polar surface area (TPSA) is 190 Å². The highest BCUT2D eigenvalue weighted by Gasteiger charge is 2.47. The Labute approximate surface area is 839 Å². The van der Waals surface area contributed by atoms with Gasteiger partial charge in [0.25, 0.3) is 0 Å². The number of benzene rings is 8. The number of hydrogen-bond acceptors (Lipinski definition) is 24. The summed E-state index contributed by atoms with van der Waals surface area (Å²) in [5.74, 6) is 12.7. The van der Waals surface area contributed by atoms with E-state index in [1.807, 2.05) is 7.05 Å². The highest BCUT2D eigenvalue weighted by molar-refractivity contribution is 5.96. The fourth-order valence-corrected chi connectivity index (χ4v) is 21.7. The first-order chi connectivity index (χ1) is 68.2. The number of aromatic nitrogens is 8. The molecule has 9 heterocycles. The number of hydrogen-bond donors (Lipinski definition) is 1. The maximum absolute atomic E-state index is 9.40. The third-order valence-electron chi connectivity index (χ3n) is 32.5. The molecule has 9 fully saturated rings. The minimum atomic E-state index is 0.123. The minimum absolute atomic E-state index is 0.123. The van der Waals surface area contributed by atoms with E-state index in [4.69, 9.17) is 54.1 Å². The van der Waals surface area contributed by atoms with Gasteiger partial charge in [-0.1, -0.05) is 100 Å². The summed E-state index contributed by atoms with van der Waals surface area (Å²) in [6, 6.07) is 61.2. The number of anilines is 10. The molecular weight excluding hydrogens is 1750 g/mol. The van der Waals surface area contributed by atoms with Gasteiger partial charge in [0.2, 0.25) is 0 Å². The zero-order chi connectivity index (χ0) is 98.4. The van der Waals surface area contributed by atoms with E-state index in [0.29, 0.717) is 36.8 Å². The molecule has 12 aromatic rings. The van der Waals surface area contributed by atoms with Crippen LogP contribution in [0, 0.1) is 0 Å². The van der Waals surface area contributed by atoms with Crippen LogP contribution < -0.4 is 58.5 Å². The van der Waals surface area contributed by atoms with Crippen molar-refractivity contribution >= 4 is 101 Å². The lowest BCUT2D eigenvalue weighted by atomic mass is 9.88. The first kappa shape index (κ1) is 99.7. The minimum Gasteiger partial charge on any atom is -0.496 e. The lowest BCUT2D eigenvalue weighted by Crippen LogP contribution is -2.34. The second kappa shape index (κ2) is 43.4. The van der Waals surface area contributed by atoms with Crippen LogP contribution in [0.25, 0.3) is 43.6 Å². The van der Waals surface area contributed by atoms with Crippen LogP contribution in [0.15, 0.2) is 170 Å². The molecule has 4 aromatic heterocycles. The van der Waals surface area contributed by atoms with Gasteiger partial charge >= 0.3 is 0 Å². The fourth-order valence-electron chi connectivity index (χ4n) is 21.7. The van der Waals surface area contributed by atoms with Gasteiger partial charge < -0.3 is 78.1 Å². The summed E-state index contributed by atoms with van der Waals surface area (Å²) in [7, 11) is 26.6. The molecule has 5 aliphatic heterocycles. The van der Waals surface area contributed by atoms with Crippen LogP contribution in [0.2, 0.25) is 0 Å². The number of ether oxygens (including phenoxy) is 3. The molecule has 9 aliphatic rings. The smallest absolute Gasteiger partial charge is 0.140 e. The summed E-state index contributed by atoms with van der Waals surface area (Å²) in [6.07, 6.45) is 21.0. The van der Waals surface area contributed by atoms with Gasteiger partial charge in [-0.2, -0.15) is 0 Å². The third-order valence-corrected chi connectivity index (χ3v) is 32.5. The molecule has 141 heavy (non-hydrogen) atoms. The second-order valence-corrected chi connectivity index (χ2v) is 43.7. The predicted octanol–water partition coefficient (Wildman–Crippen LogP) is 20.5. The molecule has 24 nitrogen and oxygen atoms in total. The Balaban J connectivity index is 0.000000124. The number of likely N-dealkylation sites (N-methyl/N-ethyl adjacent to an activating group) is 5. The Morgan fingerprint density at radius 1 is 0.319 bits per heavy atom. The predicted molar refractivity (Wildman–Crippen MR) is 585 cm³/mol. The Morgan fingerprint density at radius 2 is 0.603 bits per heavy atom. The Hall–Kier alpha value is -11.4. The maximum Gasteiger partial charge on any atom is 0.140 e. The molecule has 8 aromatic carbocycles. The molecule has 4 aliphatic carbocycles. The molecule has 0 bridgehead atoms. The number of piperidine rings is 4. The highest BCUT2D eigenvalue weighted by atomic mass is 16.5. The van der Waals surface area contributed by atoms with Gasteiger partial charge in [-0.15, -0.1) is 0 Å². The van der Waals surface area contributed by atoms with Crippen LogP contribution in [0.4, 0.5) is 57.4 Å². The van der Waals surface area contributed by atoms with Crippen molar-refractivity contribution in [3.63, 3.8) is 0 Å². The number of fused-ring (bicyclic) bond motifs is 4. The number of methoxy groups -OCH3 is 3. The molecule has 0 amide bonds. The van der Waals surface area contributed by atoms with E-state index in [0.717, 1.165) is 233 Å². The number of likely N-dealkylation sites (tertiary alicyclic amines) is 1. The zero-order valence-corrected chi connectivity index (χ0v) is 87.5. The summed E-state index contributed by atoms with van der Waals surface area (Å²) in [5, 5.41) is 14.0. The average Bonchev–Trinajstić information content (AvgIpc) is 1.62. The molecule has 4 saturated carbocycles. The van der Waals surface area contributed by atoms with Gasteiger partial charge in [-0.05, 0) is 286 Å². The molecule has 0 spiro atoms. The van der Waals surface area contributed by atoms with E-state index < -0.39 is 0 Å². The van der Waals surface area contributed by atoms with Crippen LogP contribution in [0.5, 0.6) is 11.5 Å². The van der Waals surface area contributed by atoms with E-state index in [-0.39, 0.29) is 28.3 Å². The van der Waals surface area contributed by atoms with Gasteiger partial charge in [-0.3, -0.25) is 0 Å². The molecule has 24 heteroatoms. The van der Waals surface area contributed by atoms with Crippen molar-refractivity contribution < 1.29 is 19.3 Å². The number of aliphatic hydroxyl groups is 1. The second-order valence-electron chi connectivity index (χ2n) is 43.7. The summed E-state index contributed by atoms with van der Waals surface area (Å²) >= 11 is 0. The van der Waals surface area contributed by atoms with Crippen molar-refractivity contribution in [2.45, 2.75) is 189 Å². The zero-order valence-electron chi connectivity index (χ0n) is 87.5. The number of nitrogens with zero attached hydrogens (tertiary/aromatic N) is 20. The van der Waals surface area contributed by atoms with Gasteiger partial charge in [0.05, 0.1) is 49.5 Å². The first-order valence-corrected chi connectivity index (χ1v) is 52.6. The number of aliphatic hydroxyl groups excluding tert-OH is 1. The van der Waals surface area contributed by atoms with E-state index in [1.165, 1.54) is 139 Å². The molecule has 748 valence electrons. The first-order valence-electron chi connectivity index (χ1n) is 52.6. The summed E-state index contributed by atoms with van der Waals surface area (Å²) in [6.45, 7) is 26.2. The van der Waals surface area contributed by atoms with Crippen LogP contribution in [0.1, 0.15) is 212 Å². The monoisotopic (exact) mass is 1910 g/mol. The van der Waals surface area contributed by atoms with Crippen molar-refractivity contribution in [2.24, 2.45) is 0 Å². The van der Waals surface area contributed by atoms with Crippen LogP contribution in [0.3, 0.4) is 0 Å². The molecule has 0 atom stereocenters. The lowest BCUT2D eigenvalue weighted by molar-refractivity contribution is 0.206. The van der Waals surface area contributed by atoms with Crippen molar-refractivity contribution in [2.75, 3.05) is 259 Å². The highest BCUT2D eigenvalue weighted by Crippen LogP contribution is 2.53. The van der Waals surface area contributed by atoms with Gasteiger partial charge in [-0.25, -0.2) is 39.9 Å². The number of para-hydroxylation sites is 4. The molecule has 1 N–H and O–H groups in total. The largest absolute Gasteiger partial charge is 0.496 e. The average molecular weight is 1910 g/mol. The van der Waals surface area contributed by atoms with Crippen molar-refractivity contribution in [1.82, 2.24) is 49.7 Å². The SMILES string of the molecule is CN(C)c1ccccc1C1CCN(c2nc(C3(C)CC3)nc3ccc(N(C)CCO)cc23)CC1.COCCN(C)c1ccc2nc(C3(C)CC3)nc(N3CCC(c4ccccc4N(C)C)CC3)c2c1.COc1ccccc1C1CCN(c2nc(C3(C)CC3)nc3ccc(N(C)CCN(C)C)cc23)CC1.COc1ccccc1C1CCN(c2nc(C3(C)CC3)nc3ccc(N(C)CCN4CCCC4)cc23)CC1. The van der Waals surface area contributed by atoms with Gasteiger partial charge in [0, 0.05) is 232 Å². The molecule has 0 radical (unpaired) electrons. The van der Waals surface area contributed by atoms with Crippen molar-refractivity contribution in [3.8, 4) is 11.5 Å². The molecule has 21 rings (SSSR count). The Morgan fingerprint density at radius 3 is 0.894 bits per heavy atom. The van der Waals surface area contributed by atoms with Gasteiger partial charge in [0.15, 0.2) is 0 Å². The van der Waals surface area contributed by atoms with E-state index >= 15 is 0 Å². The van der Waals surface area contributed by atoms with Crippen molar-refractivity contribution in [3.05, 3.63) is 215 Å². The normalized spacial score (nSPS) is 18.3. The van der Waals surface area contributed by atoms with Crippen molar-refractivity contribution in [1.29, 1.82) is 0 Å². The summed E-state index contributed by atoms with van der Waals surface area (Å²) in [4.78, 5) is 69.4. The summed E-state index contributed by atoms with van der Waals surface area (Å²) < 4.78 is 16.6. The maximum atomic E-state index is 9.40. The van der Waals surface area contributed by atoms with Gasteiger partial charge in [0.1, 0.15) is 58.1 Å². The molecular formula is C117H156N20O4. The van der Waals surface area contributed by atoms with Crippen LogP contribution in [-0.2, 0) is 26.4 Å². The number of rotatable bonds is 31.